The second-order valence-corrected chi connectivity index (χ2v) is 11.4. The highest BCUT2D eigenvalue weighted by Crippen LogP contribution is 2.32. The molecule has 2 saturated heterocycles. The molecule has 0 radical (unpaired) electrons. The molecule has 0 aromatic heterocycles. The van der Waals surface area contributed by atoms with Gasteiger partial charge in [-0.05, 0) is 68.7 Å². The number of amides is 1. The van der Waals surface area contributed by atoms with E-state index in [-0.39, 0.29) is 17.3 Å². The molecule has 0 saturated carbocycles. The topological polar surface area (TPSA) is 70.2 Å². The number of benzene rings is 2. The normalized spacial score (nSPS) is 19.6. The van der Waals surface area contributed by atoms with Crippen LogP contribution >= 0.6 is 0 Å². The summed E-state index contributed by atoms with van der Waals surface area (Å²) in [4.78, 5) is 17.0. The molecule has 11 heteroatoms. The Balaban J connectivity index is 1.39. The summed E-state index contributed by atoms with van der Waals surface area (Å²) in [5.74, 6) is 0.0799. The van der Waals surface area contributed by atoms with Gasteiger partial charge in [0.25, 0.3) is 0 Å². The van der Waals surface area contributed by atoms with Crippen LogP contribution < -0.4 is 9.64 Å². The van der Waals surface area contributed by atoms with E-state index in [0.29, 0.717) is 63.6 Å². The Labute approximate surface area is 215 Å². The van der Waals surface area contributed by atoms with Gasteiger partial charge in [-0.1, -0.05) is 6.07 Å². The summed E-state index contributed by atoms with van der Waals surface area (Å²) in [6.07, 6.45) is -3.23. The summed E-state index contributed by atoms with van der Waals surface area (Å²) in [7, 11) is -3.77. The van der Waals surface area contributed by atoms with Crippen LogP contribution in [0.15, 0.2) is 47.4 Å². The van der Waals surface area contributed by atoms with Crippen molar-refractivity contribution in [2.24, 2.45) is 5.92 Å². The van der Waals surface area contributed by atoms with Crippen molar-refractivity contribution in [3.63, 3.8) is 0 Å². The van der Waals surface area contributed by atoms with Crippen LogP contribution in [0.5, 0.6) is 5.75 Å². The van der Waals surface area contributed by atoms with Gasteiger partial charge in [0, 0.05) is 45.0 Å². The molecule has 0 bridgehead atoms. The molecule has 2 heterocycles. The van der Waals surface area contributed by atoms with Crippen molar-refractivity contribution < 1.29 is 31.1 Å². The Hall–Kier alpha value is -2.79. The Morgan fingerprint density at radius 3 is 2.43 bits per heavy atom. The van der Waals surface area contributed by atoms with Crippen LogP contribution in [0.3, 0.4) is 0 Å². The third-order valence-corrected chi connectivity index (χ3v) is 8.81. The highest BCUT2D eigenvalue weighted by atomic mass is 32.2. The number of halogens is 3. The summed E-state index contributed by atoms with van der Waals surface area (Å²) >= 11 is 0. The zero-order valence-corrected chi connectivity index (χ0v) is 21.8. The molecule has 0 spiro atoms. The predicted molar refractivity (Wildman–Crippen MR) is 134 cm³/mol. The van der Waals surface area contributed by atoms with Crippen LogP contribution in [0.2, 0.25) is 0 Å². The van der Waals surface area contributed by atoms with E-state index in [1.807, 2.05) is 11.8 Å². The Morgan fingerprint density at radius 1 is 1.05 bits per heavy atom. The smallest absolute Gasteiger partial charge is 0.416 e. The zero-order chi connectivity index (χ0) is 26.8. The molecular formula is C26H32F3N3O4S. The number of sulfonamides is 1. The van der Waals surface area contributed by atoms with E-state index in [1.54, 1.807) is 30.0 Å². The average molecular weight is 540 g/mol. The largest absolute Gasteiger partial charge is 0.494 e. The van der Waals surface area contributed by atoms with Crippen LogP contribution in [0, 0.1) is 12.8 Å². The molecular weight excluding hydrogens is 507 g/mol. The predicted octanol–water partition coefficient (Wildman–Crippen LogP) is 4.16. The van der Waals surface area contributed by atoms with E-state index in [9.17, 15) is 26.4 Å². The minimum absolute atomic E-state index is 0.105. The van der Waals surface area contributed by atoms with E-state index in [1.165, 1.54) is 16.4 Å². The van der Waals surface area contributed by atoms with E-state index in [2.05, 4.69) is 0 Å². The lowest BCUT2D eigenvalue weighted by atomic mass is 9.97. The summed E-state index contributed by atoms with van der Waals surface area (Å²) in [5.41, 5.74) is 0.503. The first-order valence-electron chi connectivity index (χ1n) is 12.5. The van der Waals surface area contributed by atoms with Crippen LogP contribution in [0.25, 0.3) is 0 Å². The Morgan fingerprint density at radius 2 is 1.78 bits per heavy atom. The van der Waals surface area contributed by atoms with Crippen molar-refractivity contribution in [3.05, 3.63) is 53.6 Å². The number of carbonyl (C=O) groups is 1. The van der Waals surface area contributed by atoms with Gasteiger partial charge in [-0.2, -0.15) is 17.5 Å². The molecule has 0 N–H and O–H groups in total. The molecule has 1 amide bonds. The van der Waals surface area contributed by atoms with Gasteiger partial charge in [0.1, 0.15) is 5.75 Å². The van der Waals surface area contributed by atoms with Gasteiger partial charge in [-0.25, -0.2) is 8.42 Å². The van der Waals surface area contributed by atoms with Crippen LogP contribution in [-0.2, 0) is 21.0 Å². The summed E-state index contributed by atoms with van der Waals surface area (Å²) in [5, 5.41) is 0. The second-order valence-electron chi connectivity index (χ2n) is 9.42. The van der Waals surface area contributed by atoms with Crippen LogP contribution in [-0.4, -0.2) is 69.4 Å². The fourth-order valence-corrected chi connectivity index (χ4v) is 6.54. The molecule has 0 aliphatic carbocycles. The number of piperazine rings is 1. The van der Waals surface area contributed by atoms with Gasteiger partial charge in [0.15, 0.2) is 0 Å². The number of rotatable bonds is 6. The van der Waals surface area contributed by atoms with E-state index in [4.69, 9.17) is 4.74 Å². The van der Waals surface area contributed by atoms with Gasteiger partial charge in [-0.3, -0.25) is 4.79 Å². The maximum absolute atomic E-state index is 13.3. The molecule has 2 aliphatic heterocycles. The van der Waals surface area contributed by atoms with Gasteiger partial charge < -0.3 is 14.5 Å². The zero-order valence-electron chi connectivity index (χ0n) is 21.0. The fourth-order valence-electron chi connectivity index (χ4n) is 4.93. The summed E-state index contributed by atoms with van der Waals surface area (Å²) in [6.45, 7) is 6.17. The maximum atomic E-state index is 13.3. The third kappa shape index (κ3) is 6.04. The number of aryl methyl sites for hydroxylation is 1. The Bertz CT molecular complexity index is 1230. The van der Waals surface area contributed by atoms with Crippen molar-refractivity contribution in [3.8, 4) is 5.75 Å². The highest BCUT2D eigenvalue weighted by Gasteiger charge is 2.36. The molecule has 1 atom stereocenters. The number of hydrogen-bond acceptors (Lipinski definition) is 5. The molecule has 2 fully saturated rings. The molecule has 37 heavy (non-hydrogen) atoms. The molecule has 7 nitrogen and oxygen atoms in total. The molecule has 0 unspecified atom stereocenters. The van der Waals surface area contributed by atoms with E-state index >= 15 is 0 Å². The van der Waals surface area contributed by atoms with Crippen LogP contribution in [0.1, 0.15) is 30.9 Å². The first-order chi connectivity index (χ1) is 17.5. The molecule has 2 aromatic rings. The lowest BCUT2D eigenvalue weighted by Crippen LogP contribution is -2.53. The van der Waals surface area contributed by atoms with Gasteiger partial charge in [-0.15, -0.1) is 0 Å². The quantitative estimate of drug-likeness (QED) is 0.552. The summed E-state index contributed by atoms with van der Waals surface area (Å²) < 4.78 is 72.8. The Kier molecular flexibility index (Phi) is 8.03. The maximum Gasteiger partial charge on any atom is 0.416 e. The number of ether oxygens (including phenoxy) is 1. The number of piperidine rings is 1. The van der Waals surface area contributed by atoms with Gasteiger partial charge >= 0.3 is 6.18 Å². The first kappa shape index (κ1) is 27.3. The number of alkyl halides is 3. The van der Waals surface area contributed by atoms with Crippen molar-refractivity contribution in [2.75, 3.05) is 50.8 Å². The standard InChI is InChI=1S/C26H32F3N3O4S/c1-3-36-24-10-9-23(16-19(24)2)37(34,35)32-11-5-6-20(18-32)25(33)31-14-12-30(13-15-31)22-8-4-7-21(17-22)26(27,28)29/h4,7-10,16-17,20H,3,5-6,11-15,18H2,1-2H3/t20-/m1/s1. The number of nitrogens with zero attached hydrogens (tertiary/aromatic N) is 3. The second kappa shape index (κ2) is 10.9. The molecule has 202 valence electrons. The number of anilines is 1. The molecule has 4 rings (SSSR count). The lowest BCUT2D eigenvalue weighted by molar-refractivity contribution is -0.137. The SMILES string of the molecule is CCOc1ccc(S(=O)(=O)N2CCC[C@@H](C(=O)N3CCN(c4cccc(C(F)(F)F)c4)CC3)C2)cc1C. The molecule has 2 aliphatic rings. The van der Waals surface area contributed by atoms with Crippen molar-refractivity contribution >= 4 is 21.6 Å². The monoisotopic (exact) mass is 539 g/mol. The minimum atomic E-state index is -4.41. The van der Waals surface area contributed by atoms with Gasteiger partial charge in [0.2, 0.25) is 15.9 Å². The van der Waals surface area contributed by atoms with Crippen molar-refractivity contribution in [1.82, 2.24) is 9.21 Å². The lowest BCUT2D eigenvalue weighted by Gasteiger charge is -2.39. The number of carbonyl (C=O) groups excluding carboxylic acids is 1. The van der Waals surface area contributed by atoms with Crippen molar-refractivity contribution in [1.29, 1.82) is 0 Å². The summed E-state index contributed by atoms with van der Waals surface area (Å²) in [6, 6.07) is 9.98. The highest BCUT2D eigenvalue weighted by molar-refractivity contribution is 7.89. The van der Waals surface area contributed by atoms with Gasteiger partial charge in [0.05, 0.1) is 23.0 Å². The van der Waals surface area contributed by atoms with E-state index in [0.717, 1.165) is 17.7 Å². The van der Waals surface area contributed by atoms with E-state index < -0.39 is 27.7 Å². The minimum Gasteiger partial charge on any atom is -0.494 e. The van der Waals surface area contributed by atoms with Crippen molar-refractivity contribution in [2.45, 2.75) is 37.8 Å². The first-order valence-corrected chi connectivity index (χ1v) is 13.9. The molecule has 2 aromatic carbocycles. The van der Waals surface area contributed by atoms with Crippen LogP contribution in [0.4, 0.5) is 18.9 Å². The fraction of sp³-hybridized carbons (Fsp3) is 0.500. The third-order valence-electron chi connectivity index (χ3n) is 6.95. The average Bonchev–Trinajstić information content (AvgIpc) is 2.89. The number of hydrogen-bond donors (Lipinski definition) is 0.